The molecule has 0 spiro atoms. The molecule has 0 saturated carbocycles. The Morgan fingerprint density at radius 1 is 0.552 bits per heavy atom. The van der Waals surface area contributed by atoms with E-state index in [1.54, 1.807) is 0 Å². The fourth-order valence-electron chi connectivity index (χ4n) is 2.84. The maximum Gasteiger partial charge on any atom is 0.680 e. The average molecular weight is 417 g/mol. The van der Waals surface area contributed by atoms with E-state index >= 15 is 0 Å². The number of unbranched alkanes of at least 4 members (excludes halogenated alkanes) is 4. The van der Waals surface area contributed by atoms with Crippen LogP contribution in [0.3, 0.4) is 0 Å². The lowest BCUT2D eigenvalue weighted by Gasteiger charge is -2.28. The highest BCUT2D eigenvalue weighted by molar-refractivity contribution is 6.53. The van der Waals surface area contributed by atoms with Crippen LogP contribution >= 0.6 is 0 Å². The molecule has 0 aliphatic carbocycles. The van der Waals surface area contributed by atoms with Gasteiger partial charge in [-0.2, -0.15) is 0 Å². The van der Waals surface area contributed by atoms with Crippen molar-refractivity contribution in [2.24, 2.45) is 0 Å². The van der Waals surface area contributed by atoms with Crippen molar-refractivity contribution >= 4 is 9.05 Å². The molecule has 5 heteroatoms. The van der Waals surface area contributed by atoms with E-state index in [4.69, 9.17) is 17.7 Å². The fourth-order valence-corrected chi connectivity index (χ4v) is 4.82. The van der Waals surface area contributed by atoms with Crippen molar-refractivity contribution in [3.63, 3.8) is 0 Å². The van der Waals surface area contributed by atoms with Crippen LogP contribution in [0, 0.1) is 0 Å². The molecule has 0 fully saturated rings. The lowest BCUT2D eigenvalue weighted by Crippen LogP contribution is -2.49. The Morgan fingerprint density at radius 2 is 0.966 bits per heavy atom. The molecule has 0 aliphatic rings. The van der Waals surface area contributed by atoms with Crippen LogP contribution in [0.25, 0.3) is 0 Å². The van der Waals surface area contributed by atoms with Gasteiger partial charge in [0.15, 0.2) is 0 Å². The molecule has 0 aliphatic heterocycles. The summed E-state index contributed by atoms with van der Waals surface area (Å²) in [6.45, 7) is 6.40. The molecule has 0 aromatic heterocycles. The smallest absolute Gasteiger partial charge is 0.351 e. The molecule has 0 amide bonds. The second-order valence-corrected chi connectivity index (χ2v) is 9.31. The molecule has 2 aromatic rings. The summed E-state index contributed by atoms with van der Waals surface area (Å²) in [4.78, 5) is 0. The molecule has 2 aromatic carbocycles. The minimum Gasteiger partial charge on any atom is -0.351 e. The molecule has 0 atom stereocenters. The van der Waals surface area contributed by atoms with Crippen molar-refractivity contribution in [2.75, 3.05) is 13.2 Å². The van der Waals surface area contributed by atoms with E-state index < -0.39 is 9.05 Å². The summed E-state index contributed by atoms with van der Waals surface area (Å²) in [5.41, 5.74) is 2.17. The van der Waals surface area contributed by atoms with Crippen molar-refractivity contribution in [1.82, 2.24) is 0 Å². The summed E-state index contributed by atoms with van der Waals surface area (Å²) in [5.74, 6) is 0. The minimum absolute atomic E-state index is 0.420. The van der Waals surface area contributed by atoms with E-state index in [-0.39, 0.29) is 0 Å². The number of hydrogen-bond acceptors (Lipinski definition) is 4. The van der Waals surface area contributed by atoms with Gasteiger partial charge in [0.2, 0.25) is 0 Å². The van der Waals surface area contributed by atoms with Gasteiger partial charge in [-0.1, -0.05) is 100 Å². The normalized spacial score (nSPS) is 11.7. The summed E-state index contributed by atoms with van der Waals surface area (Å²) in [6, 6.07) is 20.2. The van der Waals surface area contributed by atoms with Crippen LogP contribution in [0.4, 0.5) is 0 Å². The van der Waals surface area contributed by atoms with E-state index in [0.717, 1.165) is 49.7 Å². The molecule has 0 N–H and O–H groups in total. The molecule has 0 radical (unpaired) electrons. The minimum atomic E-state index is -3.26. The first-order valence-electron chi connectivity index (χ1n) is 10.9. The first-order chi connectivity index (χ1) is 14.3. The maximum atomic E-state index is 6.27. The van der Waals surface area contributed by atoms with Gasteiger partial charge in [0.1, 0.15) is 0 Å². The van der Waals surface area contributed by atoms with E-state index in [1.807, 2.05) is 60.7 Å². The Labute approximate surface area is 177 Å². The van der Waals surface area contributed by atoms with Crippen molar-refractivity contribution in [1.29, 1.82) is 0 Å². The van der Waals surface area contributed by atoms with Crippen LogP contribution in [-0.2, 0) is 30.9 Å². The van der Waals surface area contributed by atoms with Crippen molar-refractivity contribution < 1.29 is 17.7 Å². The second kappa shape index (κ2) is 14.5. The van der Waals surface area contributed by atoms with Gasteiger partial charge in [0, 0.05) is 13.2 Å². The SMILES string of the molecule is CCCCCO[Si](OCCCCC)(OCc1ccccc1)OCc1ccccc1. The summed E-state index contributed by atoms with van der Waals surface area (Å²) in [6.07, 6.45) is 6.49. The lowest BCUT2D eigenvalue weighted by molar-refractivity contribution is -0.0448. The molecule has 0 saturated heterocycles. The Kier molecular flexibility index (Phi) is 11.9. The fraction of sp³-hybridized carbons (Fsp3) is 0.500. The quantitative estimate of drug-likeness (QED) is 0.239. The molecular weight excluding hydrogens is 380 g/mol. The Balaban J connectivity index is 2.07. The third kappa shape index (κ3) is 9.70. The lowest BCUT2D eigenvalue weighted by atomic mass is 10.2. The topological polar surface area (TPSA) is 36.9 Å². The van der Waals surface area contributed by atoms with Crippen LogP contribution in [0.2, 0.25) is 0 Å². The monoisotopic (exact) mass is 416 g/mol. The van der Waals surface area contributed by atoms with Crippen LogP contribution in [-0.4, -0.2) is 22.3 Å². The highest BCUT2D eigenvalue weighted by Crippen LogP contribution is 2.19. The highest BCUT2D eigenvalue weighted by atomic mass is 28.4. The third-order valence-electron chi connectivity index (χ3n) is 4.57. The van der Waals surface area contributed by atoms with Crippen molar-refractivity contribution in [3.05, 3.63) is 71.8 Å². The van der Waals surface area contributed by atoms with Crippen molar-refractivity contribution in [3.8, 4) is 0 Å². The van der Waals surface area contributed by atoms with Gasteiger partial charge < -0.3 is 17.7 Å². The van der Waals surface area contributed by atoms with Gasteiger partial charge in [-0.25, -0.2) is 0 Å². The Morgan fingerprint density at radius 3 is 1.34 bits per heavy atom. The first kappa shape index (κ1) is 23.8. The van der Waals surface area contributed by atoms with Gasteiger partial charge in [0.25, 0.3) is 0 Å². The molecule has 160 valence electrons. The molecule has 0 unspecified atom stereocenters. The zero-order valence-electron chi connectivity index (χ0n) is 18.0. The molecule has 0 heterocycles. The molecule has 2 rings (SSSR count). The van der Waals surface area contributed by atoms with Crippen molar-refractivity contribution in [2.45, 2.75) is 65.6 Å². The summed E-state index contributed by atoms with van der Waals surface area (Å²) in [7, 11) is -3.26. The molecule has 29 heavy (non-hydrogen) atoms. The number of rotatable bonds is 16. The standard InChI is InChI=1S/C24H36O4Si/c1-3-5-13-19-25-29(26-20-14-6-4-2,27-21-23-15-9-7-10-16-23)28-22-24-17-11-8-12-18-24/h7-12,15-18H,3-6,13-14,19-22H2,1-2H3. The third-order valence-corrected chi connectivity index (χ3v) is 6.68. The van der Waals surface area contributed by atoms with E-state index in [0.29, 0.717) is 26.4 Å². The maximum absolute atomic E-state index is 6.27. The summed E-state index contributed by atoms with van der Waals surface area (Å²) < 4.78 is 25.0. The average Bonchev–Trinajstić information content (AvgIpc) is 2.78. The van der Waals surface area contributed by atoms with Gasteiger partial charge in [-0.05, 0) is 24.0 Å². The van der Waals surface area contributed by atoms with Gasteiger partial charge in [-0.15, -0.1) is 0 Å². The predicted octanol–water partition coefficient (Wildman–Crippen LogP) is 6.27. The van der Waals surface area contributed by atoms with Crippen LogP contribution in [0.15, 0.2) is 60.7 Å². The Bertz CT molecular complexity index is 578. The Hall–Kier alpha value is -1.50. The largest absolute Gasteiger partial charge is 0.680 e. The van der Waals surface area contributed by atoms with Gasteiger partial charge >= 0.3 is 9.05 Å². The van der Waals surface area contributed by atoms with E-state index in [9.17, 15) is 0 Å². The predicted molar refractivity (Wildman–Crippen MR) is 119 cm³/mol. The van der Waals surface area contributed by atoms with Crippen LogP contribution < -0.4 is 0 Å². The first-order valence-corrected chi connectivity index (χ1v) is 12.5. The van der Waals surface area contributed by atoms with Gasteiger partial charge in [-0.3, -0.25) is 0 Å². The van der Waals surface area contributed by atoms with Crippen LogP contribution in [0.1, 0.15) is 63.5 Å². The van der Waals surface area contributed by atoms with Crippen LogP contribution in [0.5, 0.6) is 0 Å². The summed E-state index contributed by atoms with van der Waals surface area (Å²) in [5, 5.41) is 0. The number of benzene rings is 2. The van der Waals surface area contributed by atoms with E-state index in [2.05, 4.69) is 13.8 Å². The zero-order chi connectivity index (χ0) is 20.6. The number of hydrogen-bond donors (Lipinski definition) is 0. The molecule has 4 nitrogen and oxygen atoms in total. The zero-order valence-corrected chi connectivity index (χ0v) is 19.0. The molecular formula is C24H36O4Si. The highest BCUT2D eigenvalue weighted by Gasteiger charge is 2.46. The van der Waals surface area contributed by atoms with Gasteiger partial charge in [0.05, 0.1) is 13.2 Å². The summed E-state index contributed by atoms with van der Waals surface area (Å²) >= 11 is 0. The molecule has 0 bridgehead atoms. The van der Waals surface area contributed by atoms with E-state index in [1.165, 1.54) is 0 Å². The second-order valence-electron chi connectivity index (χ2n) is 7.16.